The van der Waals surface area contributed by atoms with E-state index < -0.39 is 0 Å². The fourth-order valence-corrected chi connectivity index (χ4v) is 1.62. The topological polar surface area (TPSA) is 40.9 Å². The minimum Gasteiger partial charge on any atom is -0.289 e. The van der Waals surface area contributed by atoms with Crippen molar-refractivity contribution in [1.82, 2.24) is 0 Å². The number of hydrogen-bond acceptors (Lipinski definition) is 2. The van der Waals surface area contributed by atoms with Crippen molar-refractivity contribution in [3.05, 3.63) is 70.2 Å². The van der Waals surface area contributed by atoms with Crippen LogP contribution in [-0.4, -0.2) is 5.78 Å². The predicted octanol–water partition coefficient (Wildman–Crippen LogP) is 3.44. The molecule has 0 radical (unpaired) electrons. The first-order chi connectivity index (χ1) is 8.20. The molecule has 3 heteroatoms. The Morgan fingerprint density at radius 3 is 2.41 bits per heavy atom. The number of benzene rings is 2. The number of halogens is 1. The van der Waals surface area contributed by atoms with E-state index in [1.54, 1.807) is 48.5 Å². The highest BCUT2D eigenvalue weighted by Crippen LogP contribution is 2.14. The van der Waals surface area contributed by atoms with Crippen molar-refractivity contribution < 1.29 is 4.79 Å². The molecule has 0 saturated heterocycles. The summed E-state index contributed by atoms with van der Waals surface area (Å²) in [5.74, 6) is -0.112. The van der Waals surface area contributed by atoms with Gasteiger partial charge < -0.3 is 0 Å². The summed E-state index contributed by atoms with van der Waals surface area (Å²) in [5.41, 5.74) is 1.54. The van der Waals surface area contributed by atoms with E-state index >= 15 is 0 Å². The van der Waals surface area contributed by atoms with E-state index in [4.69, 9.17) is 16.9 Å². The molecule has 0 aliphatic carbocycles. The Hall–Kier alpha value is -2.11. The molecule has 0 aliphatic heterocycles. The maximum Gasteiger partial charge on any atom is 0.193 e. The van der Waals surface area contributed by atoms with E-state index in [0.717, 1.165) is 0 Å². The van der Waals surface area contributed by atoms with Crippen molar-refractivity contribution in [3.63, 3.8) is 0 Å². The Morgan fingerprint density at radius 2 is 1.76 bits per heavy atom. The van der Waals surface area contributed by atoms with E-state index in [0.29, 0.717) is 21.7 Å². The molecule has 2 nitrogen and oxygen atoms in total. The van der Waals surface area contributed by atoms with Gasteiger partial charge in [0.05, 0.1) is 11.6 Å². The number of carbonyl (C=O) groups excluding carboxylic acids is 1. The monoisotopic (exact) mass is 241 g/mol. The van der Waals surface area contributed by atoms with Crippen molar-refractivity contribution >= 4 is 17.4 Å². The van der Waals surface area contributed by atoms with E-state index in [9.17, 15) is 4.79 Å². The quantitative estimate of drug-likeness (QED) is 0.756. The molecule has 0 amide bonds. The van der Waals surface area contributed by atoms with Crippen LogP contribution in [0.5, 0.6) is 0 Å². The third kappa shape index (κ3) is 2.52. The van der Waals surface area contributed by atoms with Gasteiger partial charge in [-0.25, -0.2) is 0 Å². The lowest BCUT2D eigenvalue weighted by molar-refractivity contribution is 0.103. The summed E-state index contributed by atoms with van der Waals surface area (Å²) < 4.78 is 0. The van der Waals surface area contributed by atoms with Crippen LogP contribution in [0.2, 0.25) is 5.02 Å². The van der Waals surface area contributed by atoms with Gasteiger partial charge in [0.15, 0.2) is 5.78 Å². The molecule has 2 aromatic rings. The van der Waals surface area contributed by atoms with Gasteiger partial charge in [-0.3, -0.25) is 4.79 Å². The van der Waals surface area contributed by atoms with Crippen LogP contribution >= 0.6 is 11.6 Å². The largest absolute Gasteiger partial charge is 0.289 e. The van der Waals surface area contributed by atoms with Gasteiger partial charge in [-0.2, -0.15) is 5.26 Å². The van der Waals surface area contributed by atoms with Crippen molar-refractivity contribution in [2.24, 2.45) is 0 Å². The standard InChI is InChI=1S/C14H8ClNO/c15-13-6-4-11(5-7-13)14(17)12-3-1-2-10(8-12)9-16/h1-8H. The lowest BCUT2D eigenvalue weighted by Crippen LogP contribution is -2.01. The summed E-state index contributed by atoms with van der Waals surface area (Å²) in [6.07, 6.45) is 0. The van der Waals surface area contributed by atoms with Crippen LogP contribution in [0.4, 0.5) is 0 Å². The molecule has 0 unspecified atom stereocenters. The van der Waals surface area contributed by atoms with Crippen LogP contribution in [0.15, 0.2) is 48.5 Å². The Kier molecular flexibility index (Phi) is 3.22. The van der Waals surface area contributed by atoms with Crippen molar-refractivity contribution in [2.45, 2.75) is 0 Å². The molecule has 2 aromatic carbocycles. The normalized spacial score (nSPS) is 9.65. The van der Waals surface area contributed by atoms with E-state index in [2.05, 4.69) is 0 Å². The third-order valence-electron chi connectivity index (χ3n) is 2.36. The molecule has 0 saturated carbocycles. The SMILES string of the molecule is N#Cc1cccc(C(=O)c2ccc(Cl)cc2)c1. The summed E-state index contributed by atoms with van der Waals surface area (Å²) in [6.45, 7) is 0. The zero-order chi connectivity index (χ0) is 12.3. The first-order valence-corrected chi connectivity index (χ1v) is 5.39. The molecule has 2 rings (SSSR count). The maximum atomic E-state index is 12.1. The molecule has 0 aromatic heterocycles. The van der Waals surface area contributed by atoms with Crippen LogP contribution < -0.4 is 0 Å². The minimum atomic E-state index is -0.112. The minimum absolute atomic E-state index is 0.112. The molecular weight excluding hydrogens is 234 g/mol. The van der Waals surface area contributed by atoms with E-state index in [1.165, 1.54) is 0 Å². The Bertz CT molecular complexity index is 596. The number of ketones is 1. The summed E-state index contributed by atoms with van der Waals surface area (Å²) in [4.78, 5) is 12.1. The molecule has 0 heterocycles. The second-order valence-electron chi connectivity index (χ2n) is 3.53. The average Bonchev–Trinajstić information content (AvgIpc) is 2.39. The van der Waals surface area contributed by atoms with E-state index in [-0.39, 0.29) is 5.78 Å². The van der Waals surface area contributed by atoms with E-state index in [1.807, 2.05) is 6.07 Å². The summed E-state index contributed by atoms with van der Waals surface area (Å²) in [7, 11) is 0. The third-order valence-corrected chi connectivity index (χ3v) is 2.61. The lowest BCUT2D eigenvalue weighted by atomic mass is 10.0. The Labute approximate surface area is 104 Å². The Balaban J connectivity index is 2.37. The van der Waals surface area contributed by atoms with Crippen molar-refractivity contribution in [2.75, 3.05) is 0 Å². The van der Waals surface area contributed by atoms with Crippen molar-refractivity contribution in [3.8, 4) is 6.07 Å². The van der Waals surface area contributed by atoms with Gasteiger partial charge in [0.25, 0.3) is 0 Å². The highest BCUT2D eigenvalue weighted by atomic mass is 35.5. The van der Waals surface area contributed by atoms with Gasteiger partial charge >= 0.3 is 0 Å². The molecule has 0 bridgehead atoms. The Morgan fingerprint density at radius 1 is 1.06 bits per heavy atom. The van der Waals surface area contributed by atoms with Crippen LogP contribution in [0.25, 0.3) is 0 Å². The number of carbonyl (C=O) groups is 1. The van der Waals surface area contributed by atoms with Crippen molar-refractivity contribution in [1.29, 1.82) is 5.26 Å². The summed E-state index contributed by atoms with van der Waals surface area (Å²) in [6, 6.07) is 15.3. The first-order valence-electron chi connectivity index (χ1n) is 5.01. The zero-order valence-corrected chi connectivity index (χ0v) is 9.61. The second-order valence-corrected chi connectivity index (χ2v) is 3.97. The fraction of sp³-hybridized carbons (Fsp3) is 0. The first kappa shape index (κ1) is 11.4. The van der Waals surface area contributed by atoms with Gasteiger partial charge in [0.2, 0.25) is 0 Å². The molecule has 0 atom stereocenters. The summed E-state index contributed by atoms with van der Waals surface area (Å²) >= 11 is 5.76. The van der Waals surface area contributed by atoms with Crippen LogP contribution in [0.3, 0.4) is 0 Å². The number of nitriles is 1. The van der Waals surface area contributed by atoms with Gasteiger partial charge in [0.1, 0.15) is 0 Å². The highest BCUT2D eigenvalue weighted by Gasteiger charge is 2.09. The summed E-state index contributed by atoms with van der Waals surface area (Å²) in [5, 5.41) is 9.36. The van der Waals surface area contributed by atoms with Crippen LogP contribution in [0, 0.1) is 11.3 Å². The van der Waals surface area contributed by atoms with Gasteiger partial charge in [-0.15, -0.1) is 0 Å². The lowest BCUT2D eigenvalue weighted by Gasteiger charge is -2.01. The molecular formula is C14H8ClNO. The number of nitrogens with zero attached hydrogens (tertiary/aromatic N) is 1. The molecule has 82 valence electrons. The molecule has 0 spiro atoms. The number of hydrogen-bond donors (Lipinski definition) is 0. The number of rotatable bonds is 2. The van der Waals surface area contributed by atoms with Gasteiger partial charge in [-0.1, -0.05) is 23.7 Å². The van der Waals surface area contributed by atoms with Crippen LogP contribution in [-0.2, 0) is 0 Å². The fourth-order valence-electron chi connectivity index (χ4n) is 1.50. The predicted molar refractivity (Wildman–Crippen MR) is 66.0 cm³/mol. The average molecular weight is 242 g/mol. The maximum absolute atomic E-state index is 12.1. The van der Waals surface area contributed by atoms with Crippen LogP contribution in [0.1, 0.15) is 21.5 Å². The molecule has 17 heavy (non-hydrogen) atoms. The molecule has 0 N–H and O–H groups in total. The van der Waals surface area contributed by atoms with Gasteiger partial charge in [-0.05, 0) is 36.4 Å². The zero-order valence-electron chi connectivity index (χ0n) is 8.85. The highest BCUT2D eigenvalue weighted by molar-refractivity contribution is 6.30. The molecule has 0 fully saturated rings. The second kappa shape index (κ2) is 4.82. The van der Waals surface area contributed by atoms with Gasteiger partial charge in [0, 0.05) is 16.1 Å². The molecule has 0 aliphatic rings. The smallest absolute Gasteiger partial charge is 0.193 e.